The van der Waals surface area contributed by atoms with Gasteiger partial charge in [-0.05, 0) is 36.4 Å². The standard InChI is InChI=1S/C18H19FN2O6S/c1-21(28(24,25)14-9-7-13(19)8-10-14)11-18(23)27-12-17(22)20-15-5-3-4-6-16(15)26-2/h3-10H,11-12H2,1-2H3,(H,20,22). The Labute approximate surface area is 161 Å². The molecular formula is C18H19FN2O6S. The van der Waals surface area contributed by atoms with E-state index in [9.17, 15) is 22.4 Å². The average molecular weight is 410 g/mol. The van der Waals surface area contributed by atoms with E-state index in [0.717, 1.165) is 28.6 Å². The maximum Gasteiger partial charge on any atom is 0.321 e. The highest BCUT2D eigenvalue weighted by Gasteiger charge is 2.24. The Kier molecular flexibility index (Phi) is 7.07. The molecular weight excluding hydrogens is 391 g/mol. The molecule has 0 aliphatic rings. The Balaban J connectivity index is 1.89. The van der Waals surface area contributed by atoms with Gasteiger partial charge in [0.15, 0.2) is 6.61 Å². The molecule has 28 heavy (non-hydrogen) atoms. The molecule has 1 N–H and O–H groups in total. The third-order valence-electron chi connectivity index (χ3n) is 3.62. The number of hydrogen-bond donors (Lipinski definition) is 1. The summed E-state index contributed by atoms with van der Waals surface area (Å²) in [6, 6.07) is 10.9. The number of sulfonamides is 1. The van der Waals surface area contributed by atoms with Crippen LogP contribution in [0.4, 0.5) is 10.1 Å². The van der Waals surface area contributed by atoms with E-state index in [0.29, 0.717) is 11.4 Å². The van der Waals surface area contributed by atoms with E-state index >= 15 is 0 Å². The largest absolute Gasteiger partial charge is 0.495 e. The van der Waals surface area contributed by atoms with Crippen LogP contribution in [0.25, 0.3) is 0 Å². The fourth-order valence-corrected chi connectivity index (χ4v) is 3.29. The second kappa shape index (κ2) is 9.29. The predicted molar refractivity (Wildman–Crippen MR) is 98.8 cm³/mol. The summed E-state index contributed by atoms with van der Waals surface area (Å²) in [4.78, 5) is 23.6. The second-order valence-corrected chi connectivity index (χ2v) is 7.67. The molecule has 10 heteroatoms. The summed E-state index contributed by atoms with van der Waals surface area (Å²) in [5, 5.41) is 2.52. The molecule has 0 radical (unpaired) electrons. The number of ether oxygens (including phenoxy) is 2. The van der Waals surface area contributed by atoms with Crippen LogP contribution in [0.2, 0.25) is 0 Å². The Morgan fingerprint density at radius 1 is 1.11 bits per heavy atom. The summed E-state index contributed by atoms with van der Waals surface area (Å²) in [5.74, 6) is -1.67. The molecule has 0 saturated carbocycles. The van der Waals surface area contributed by atoms with Crippen LogP contribution >= 0.6 is 0 Å². The zero-order valence-electron chi connectivity index (χ0n) is 15.2. The normalized spacial score (nSPS) is 11.1. The molecule has 2 rings (SSSR count). The van der Waals surface area contributed by atoms with Gasteiger partial charge >= 0.3 is 5.97 Å². The highest BCUT2D eigenvalue weighted by atomic mass is 32.2. The van der Waals surface area contributed by atoms with Gasteiger partial charge in [0.1, 0.15) is 18.1 Å². The quantitative estimate of drug-likeness (QED) is 0.664. The van der Waals surface area contributed by atoms with Crippen LogP contribution in [0.5, 0.6) is 5.75 Å². The number of esters is 1. The molecule has 150 valence electrons. The summed E-state index contributed by atoms with van der Waals surface area (Å²) in [7, 11) is -1.38. The topological polar surface area (TPSA) is 102 Å². The van der Waals surface area contributed by atoms with E-state index in [1.54, 1.807) is 24.3 Å². The predicted octanol–water partition coefficient (Wildman–Crippen LogP) is 1.64. The van der Waals surface area contributed by atoms with Gasteiger partial charge in [-0.15, -0.1) is 0 Å². The highest BCUT2D eigenvalue weighted by molar-refractivity contribution is 7.89. The van der Waals surface area contributed by atoms with E-state index in [1.807, 2.05) is 0 Å². The zero-order valence-corrected chi connectivity index (χ0v) is 16.0. The lowest BCUT2D eigenvalue weighted by atomic mass is 10.3. The van der Waals surface area contributed by atoms with Crippen molar-refractivity contribution in [3.63, 3.8) is 0 Å². The molecule has 0 aliphatic carbocycles. The minimum absolute atomic E-state index is 0.168. The summed E-state index contributed by atoms with van der Waals surface area (Å²) in [5.41, 5.74) is 0.405. The van der Waals surface area contributed by atoms with Gasteiger partial charge < -0.3 is 14.8 Å². The fourth-order valence-electron chi connectivity index (χ4n) is 2.18. The summed E-state index contributed by atoms with van der Waals surface area (Å²) < 4.78 is 48.3. The maximum absolute atomic E-state index is 12.9. The van der Waals surface area contributed by atoms with E-state index in [2.05, 4.69) is 5.32 Å². The number of methoxy groups -OCH3 is 1. The van der Waals surface area contributed by atoms with Crippen molar-refractivity contribution in [2.75, 3.05) is 32.6 Å². The first kappa shape index (κ1) is 21.3. The van der Waals surface area contributed by atoms with E-state index in [-0.39, 0.29) is 4.90 Å². The number of hydrogen-bond acceptors (Lipinski definition) is 6. The first-order chi connectivity index (χ1) is 13.2. The summed E-state index contributed by atoms with van der Waals surface area (Å²) in [6.07, 6.45) is 0. The number of nitrogens with zero attached hydrogens (tertiary/aromatic N) is 1. The van der Waals surface area contributed by atoms with Crippen LogP contribution < -0.4 is 10.1 Å². The molecule has 0 unspecified atom stereocenters. The SMILES string of the molecule is COc1ccccc1NC(=O)COC(=O)CN(C)S(=O)(=O)c1ccc(F)cc1. The molecule has 0 fully saturated rings. The molecule has 0 saturated heterocycles. The third-order valence-corrected chi connectivity index (χ3v) is 5.44. The van der Waals surface area contributed by atoms with E-state index in [4.69, 9.17) is 9.47 Å². The third kappa shape index (κ3) is 5.51. The lowest BCUT2D eigenvalue weighted by molar-refractivity contribution is -0.147. The lowest BCUT2D eigenvalue weighted by Crippen LogP contribution is -2.34. The average Bonchev–Trinajstić information content (AvgIpc) is 2.67. The van der Waals surface area contributed by atoms with Crippen molar-refractivity contribution in [1.29, 1.82) is 0 Å². The number of halogens is 1. The van der Waals surface area contributed by atoms with Gasteiger partial charge in [0.2, 0.25) is 10.0 Å². The molecule has 1 amide bonds. The molecule has 0 heterocycles. The molecule has 0 spiro atoms. The van der Waals surface area contributed by atoms with Gasteiger partial charge in [-0.2, -0.15) is 4.31 Å². The van der Waals surface area contributed by atoms with Gasteiger partial charge in [-0.3, -0.25) is 9.59 Å². The van der Waals surface area contributed by atoms with Crippen molar-refractivity contribution in [3.8, 4) is 5.75 Å². The van der Waals surface area contributed by atoms with Crippen molar-refractivity contribution in [1.82, 2.24) is 4.31 Å². The number of likely N-dealkylation sites (N-methyl/N-ethyl adjacent to an activating group) is 1. The number of amides is 1. The fraction of sp³-hybridized carbons (Fsp3) is 0.222. The summed E-state index contributed by atoms with van der Waals surface area (Å²) >= 11 is 0. The van der Waals surface area contributed by atoms with E-state index in [1.165, 1.54) is 14.2 Å². The van der Waals surface area contributed by atoms with Crippen LogP contribution in [0.3, 0.4) is 0 Å². The number of carbonyl (C=O) groups excluding carboxylic acids is 2. The molecule has 0 aliphatic heterocycles. The Hall–Kier alpha value is -2.98. The molecule has 0 atom stereocenters. The number of para-hydroxylation sites is 2. The number of carbonyl (C=O) groups is 2. The van der Waals surface area contributed by atoms with Crippen LogP contribution in [0.15, 0.2) is 53.4 Å². The second-order valence-electron chi connectivity index (χ2n) is 5.62. The molecule has 2 aromatic rings. The van der Waals surface area contributed by atoms with Crippen molar-refractivity contribution in [3.05, 3.63) is 54.3 Å². The van der Waals surface area contributed by atoms with Gasteiger partial charge in [0, 0.05) is 7.05 Å². The molecule has 2 aromatic carbocycles. The summed E-state index contributed by atoms with van der Waals surface area (Å²) in [6.45, 7) is -1.21. The van der Waals surface area contributed by atoms with Crippen molar-refractivity contribution >= 4 is 27.6 Å². The Morgan fingerprint density at radius 3 is 2.39 bits per heavy atom. The van der Waals surface area contributed by atoms with Gasteiger partial charge in [0.05, 0.1) is 17.7 Å². The van der Waals surface area contributed by atoms with Crippen molar-refractivity contribution in [2.45, 2.75) is 4.90 Å². The molecule has 8 nitrogen and oxygen atoms in total. The maximum atomic E-state index is 12.9. The number of benzene rings is 2. The Bertz CT molecular complexity index is 947. The smallest absolute Gasteiger partial charge is 0.321 e. The number of rotatable bonds is 8. The lowest BCUT2D eigenvalue weighted by Gasteiger charge is -2.16. The van der Waals surface area contributed by atoms with Crippen LogP contribution in [-0.2, 0) is 24.3 Å². The van der Waals surface area contributed by atoms with Gasteiger partial charge in [-0.1, -0.05) is 12.1 Å². The van der Waals surface area contributed by atoms with Gasteiger partial charge in [-0.25, -0.2) is 12.8 Å². The van der Waals surface area contributed by atoms with Crippen LogP contribution in [0.1, 0.15) is 0 Å². The van der Waals surface area contributed by atoms with Crippen LogP contribution in [-0.4, -0.2) is 51.9 Å². The minimum Gasteiger partial charge on any atom is -0.495 e. The van der Waals surface area contributed by atoms with Crippen LogP contribution in [0, 0.1) is 5.82 Å². The Morgan fingerprint density at radius 2 is 1.75 bits per heavy atom. The molecule has 0 bridgehead atoms. The van der Waals surface area contributed by atoms with Gasteiger partial charge in [0.25, 0.3) is 5.91 Å². The zero-order chi connectivity index (χ0) is 20.7. The highest BCUT2D eigenvalue weighted by Crippen LogP contribution is 2.22. The van der Waals surface area contributed by atoms with E-state index < -0.39 is 40.9 Å². The molecule has 0 aromatic heterocycles. The van der Waals surface area contributed by atoms with Crippen molar-refractivity contribution in [2.24, 2.45) is 0 Å². The van der Waals surface area contributed by atoms with Crippen molar-refractivity contribution < 1.29 is 31.9 Å². The number of nitrogens with one attached hydrogen (secondary N) is 1. The first-order valence-electron chi connectivity index (χ1n) is 8.04. The minimum atomic E-state index is -4.00. The number of anilines is 1. The monoisotopic (exact) mass is 410 g/mol. The first-order valence-corrected chi connectivity index (χ1v) is 9.48.